The molecule has 0 fully saturated rings. The lowest BCUT2D eigenvalue weighted by Gasteiger charge is -2.10. The minimum absolute atomic E-state index is 0.0276. The van der Waals surface area contributed by atoms with Gasteiger partial charge in [0.1, 0.15) is 4.83 Å². The lowest BCUT2D eigenvalue weighted by molar-refractivity contribution is 0.386. The molecule has 0 radical (unpaired) electrons. The maximum absolute atomic E-state index is 12.2. The van der Waals surface area contributed by atoms with E-state index in [2.05, 4.69) is 24.0 Å². The Morgan fingerprint density at radius 3 is 2.94 bits per heavy atom. The Hall–Kier alpha value is -0.980. The molecule has 0 aliphatic rings. The molecule has 0 aliphatic heterocycles. The van der Waals surface area contributed by atoms with Crippen LogP contribution in [0.1, 0.15) is 12.8 Å². The van der Waals surface area contributed by atoms with Crippen LogP contribution in [0.25, 0.3) is 10.2 Å². The van der Waals surface area contributed by atoms with E-state index < -0.39 is 0 Å². The van der Waals surface area contributed by atoms with Crippen molar-refractivity contribution in [1.82, 2.24) is 14.5 Å². The van der Waals surface area contributed by atoms with E-state index in [1.54, 1.807) is 4.57 Å². The number of aromatic nitrogens is 2. The summed E-state index contributed by atoms with van der Waals surface area (Å²) < 4.78 is 2.19. The highest BCUT2D eigenvalue weighted by atomic mass is 32.1. The molecule has 0 saturated heterocycles. The first kappa shape index (κ1) is 13.5. The zero-order valence-corrected chi connectivity index (χ0v) is 12.2. The Kier molecular flexibility index (Phi) is 4.31. The topological polar surface area (TPSA) is 41.0 Å². The summed E-state index contributed by atoms with van der Waals surface area (Å²) in [5, 5.41) is 2.65. The van der Waals surface area contributed by atoms with Crippen molar-refractivity contribution in [1.29, 1.82) is 0 Å². The van der Waals surface area contributed by atoms with Crippen molar-refractivity contribution >= 4 is 33.8 Å². The summed E-state index contributed by atoms with van der Waals surface area (Å²) in [6.07, 6.45) is 2.03. The van der Waals surface area contributed by atoms with Crippen molar-refractivity contribution in [3.05, 3.63) is 26.6 Å². The third-order valence-electron chi connectivity index (χ3n) is 2.84. The number of hydrogen-bond donors (Lipinski definition) is 1. The van der Waals surface area contributed by atoms with Gasteiger partial charge in [0.15, 0.2) is 4.77 Å². The van der Waals surface area contributed by atoms with Gasteiger partial charge in [-0.05, 0) is 57.1 Å². The molecule has 0 amide bonds. The summed E-state index contributed by atoms with van der Waals surface area (Å²) >= 11 is 6.75. The number of thiophene rings is 1. The number of fused-ring (bicyclic) bond motifs is 1. The Bertz CT molecular complexity index is 639. The second kappa shape index (κ2) is 5.77. The highest BCUT2D eigenvalue weighted by Gasteiger charge is 2.06. The van der Waals surface area contributed by atoms with Gasteiger partial charge in [-0.25, -0.2) is 0 Å². The second-order valence-corrected chi connectivity index (χ2v) is 5.86. The molecular weight excluding hydrogens is 266 g/mol. The van der Waals surface area contributed by atoms with Crippen LogP contribution in [0.5, 0.6) is 0 Å². The standard InChI is InChI=1S/C12H17N3OS2/c1-14(2)6-3-4-7-15-11(16)9-5-8-18-10(9)13-12(15)17/h5,8H,3-4,6-7H2,1-2H3,(H,13,17). The second-order valence-electron chi connectivity index (χ2n) is 4.56. The molecule has 0 spiro atoms. The van der Waals surface area contributed by atoms with Crippen molar-refractivity contribution in [2.45, 2.75) is 19.4 Å². The maximum atomic E-state index is 12.2. The Balaban J connectivity index is 2.17. The van der Waals surface area contributed by atoms with E-state index in [1.807, 2.05) is 11.4 Å². The number of hydrogen-bond acceptors (Lipinski definition) is 4. The first-order valence-corrected chi connectivity index (χ1v) is 7.23. The van der Waals surface area contributed by atoms with Crippen molar-refractivity contribution in [2.75, 3.05) is 20.6 Å². The normalized spacial score (nSPS) is 11.5. The fraction of sp³-hybridized carbons (Fsp3) is 0.500. The maximum Gasteiger partial charge on any atom is 0.263 e. The lowest BCUT2D eigenvalue weighted by atomic mass is 10.3. The molecule has 98 valence electrons. The zero-order valence-electron chi connectivity index (χ0n) is 10.6. The predicted molar refractivity (Wildman–Crippen MR) is 79.1 cm³/mol. The molecule has 1 N–H and O–H groups in total. The van der Waals surface area contributed by atoms with Crippen LogP contribution in [-0.2, 0) is 6.54 Å². The fourth-order valence-electron chi connectivity index (χ4n) is 1.88. The molecule has 18 heavy (non-hydrogen) atoms. The first-order chi connectivity index (χ1) is 8.59. The van der Waals surface area contributed by atoms with Gasteiger partial charge in [-0.15, -0.1) is 11.3 Å². The molecule has 0 aromatic carbocycles. The van der Waals surface area contributed by atoms with Crippen molar-refractivity contribution in [3.63, 3.8) is 0 Å². The third kappa shape index (κ3) is 2.88. The fourth-order valence-corrected chi connectivity index (χ4v) is 3.00. The average molecular weight is 283 g/mol. The van der Waals surface area contributed by atoms with Crippen LogP contribution in [-0.4, -0.2) is 35.1 Å². The molecule has 0 bridgehead atoms. The highest BCUT2D eigenvalue weighted by molar-refractivity contribution is 7.71. The van der Waals surface area contributed by atoms with Crippen molar-refractivity contribution in [3.8, 4) is 0 Å². The van der Waals surface area contributed by atoms with Crippen LogP contribution >= 0.6 is 23.6 Å². The van der Waals surface area contributed by atoms with Crippen LogP contribution in [0.3, 0.4) is 0 Å². The summed E-state index contributed by atoms with van der Waals surface area (Å²) in [6.45, 7) is 1.72. The number of nitrogens with one attached hydrogen (secondary N) is 1. The zero-order chi connectivity index (χ0) is 13.1. The minimum Gasteiger partial charge on any atom is -0.323 e. The van der Waals surface area contributed by atoms with Gasteiger partial charge in [0, 0.05) is 6.54 Å². The van der Waals surface area contributed by atoms with Gasteiger partial charge in [0.25, 0.3) is 5.56 Å². The number of rotatable bonds is 5. The largest absolute Gasteiger partial charge is 0.323 e. The molecule has 2 heterocycles. The van der Waals surface area contributed by atoms with Gasteiger partial charge >= 0.3 is 0 Å². The van der Waals surface area contributed by atoms with E-state index in [0.29, 0.717) is 11.3 Å². The summed E-state index contributed by atoms with van der Waals surface area (Å²) in [5.74, 6) is 0. The van der Waals surface area contributed by atoms with Crippen LogP contribution in [0.15, 0.2) is 16.2 Å². The van der Waals surface area contributed by atoms with Crippen LogP contribution in [0.2, 0.25) is 0 Å². The number of aromatic amines is 1. The SMILES string of the molecule is CN(C)CCCCn1c(=S)[nH]c2sccc2c1=O. The smallest absolute Gasteiger partial charge is 0.263 e. The van der Waals surface area contributed by atoms with Gasteiger partial charge in [-0.1, -0.05) is 0 Å². The van der Waals surface area contributed by atoms with Crippen molar-refractivity contribution in [2.24, 2.45) is 0 Å². The lowest BCUT2D eigenvalue weighted by Crippen LogP contribution is -2.22. The van der Waals surface area contributed by atoms with Gasteiger partial charge in [-0.3, -0.25) is 9.36 Å². The Labute approximate surface area is 115 Å². The molecule has 0 aliphatic carbocycles. The van der Waals surface area contributed by atoms with Gasteiger partial charge in [-0.2, -0.15) is 0 Å². The molecule has 0 saturated carbocycles. The minimum atomic E-state index is 0.0276. The quantitative estimate of drug-likeness (QED) is 0.677. The van der Waals surface area contributed by atoms with Crippen molar-refractivity contribution < 1.29 is 0 Å². The van der Waals surface area contributed by atoms with Gasteiger partial charge < -0.3 is 9.88 Å². The summed E-state index contributed by atoms with van der Waals surface area (Å²) in [4.78, 5) is 18.3. The van der Waals surface area contributed by atoms with Gasteiger partial charge in [0.05, 0.1) is 5.39 Å². The Morgan fingerprint density at radius 1 is 1.44 bits per heavy atom. The number of nitrogens with zero attached hydrogens (tertiary/aromatic N) is 2. The number of unbranched alkanes of at least 4 members (excludes halogenated alkanes) is 1. The predicted octanol–water partition coefficient (Wildman–Crippen LogP) is 2.46. The molecule has 4 nitrogen and oxygen atoms in total. The highest BCUT2D eigenvalue weighted by Crippen LogP contribution is 2.14. The average Bonchev–Trinajstić information content (AvgIpc) is 2.75. The summed E-state index contributed by atoms with van der Waals surface area (Å²) in [7, 11) is 4.10. The molecular formula is C12H17N3OS2. The van der Waals surface area contributed by atoms with Crippen LogP contribution in [0.4, 0.5) is 0 Å². The van der Waals surface area contributed by atoms with E-state index in [1.165, 1.54) is 11.3 Å². The monoisotopic (exact) mass is 283 g/mol. The molecule has 2 rings (SSSR count). The molecule has 0 unspecified atom stereocenters. The summed E-state index contributed by atoms with van der Waals surface area (Å²) in [5.41, 5.74) is 0.0276. The van der Waals surface area contributed by atoms with Crippen LogP contribution in [0, 0.1) is 4.77 Å². The van der Waals surface area contributed by atoms with Crippen LogP contribution < -0.4 is 5.56 Å². The molecule has 2 aromatic heterocycles. The molecule has 0 atom stereocenters. The molecule has 6 heteroatoms. The summed E-state index contributed by atoms with van der Waals surface area (Å²) in [6, 6.07) is 1.85. The third-order valence-corrected chi connectivity index (χ3v) is 4.00. The van der Waals surface area contributed by atoms with E-state index in [4.69, 9.17) is 12.2 Å². The van der Waals surface area contributed by atoms with E-state index in [-0.39, 0.29) is 5.56 Å². The van der Waals surface area contributed by atoms with E-state index in [9.17, 15) is 4.79 Å². The van der Waals surface area contributed by atoms with Gasteiger partial charge in [0.2, 0.25) is 0 Å². The Morgan fingerprint density at radius 2 is 2.22 bits per heavy atom. The van der Waals surface area contributed by atoms with E-state index in [0.717, 1.165) is 29.6 Å². The first-order valence-electron chi connectivity index (χ1n) is 5.94. The van der Waals surface area contributed by atoms with E-state index >= 15 is 0 Å². The number of H-pyrrole nitrogens is 1. The molecule has 2 aromatic rings.